The van der Waals surface area contributed by atoms with Gasteiger partial charge in [-0.05, 0) is 32.2 Å². The molecule has 2 N–H and O–H groups in total. The van der Waals surface area contributed by atoms with Gasteiger partial charge in [-0.1, -0.05) is 6.92 Å². The highest BCUT2D eigenvalue weighted by molar-refractivity contribution is 5.88. The summed E-state index contributed by atoms with van der Waals surface area (Å²) in [7, 11) is 0. The zero-order chi connectivity index (χ0) is 13.0. The largest absolute Gasteiger partial charge is 0.350 e. The van der Waals surface area contributed by atoms with E-state index in [2.05, 4.69) is 10.6 Å². The minimum absolute atomic E-state index is 0.0152. The lowest BCUT2D eigenvalue weighted by Crippen LogP contribution is -2.53. The fourth-order valence-electron chi connectivity index (χ4n) is 2.82. The Morgan fingerprint density at radius 3 is 2.94 bits per heavy atom. The Bertz CT molecular complexity index is 313. The molecule has 2 fully saturated rings. The second-order valence-electron chi connectivity index (χ2n) is 5.17. The van der Waals surface area contributed by atoms with Gasteiger partial charge in [-0.3, -0.25) is 9.59 Å². The van der Waals surface area contributed by atoms with E-state index in [1.807, 2.05) is 6.92 Å². The van der Waals surface area contributed by atoms with E-state index < -0.39 is 0 Å². The van der Waals surface area contributed by atoms with E-state index in [0.717, 1.165) is 38.9 Å². The van der Waals surface area contributed by atoms with Crippen LogP contribution in [0.1, 0.15) is 39.0 Å². The molecule has 2 amide bonds. The molecule has 102 valence electrons. The summed E-state index contributed by atoms with van der Waals surface area (Å²) >= 11 is 0. The van der Waals surface area contributed by atoms with Crippen molar-refractivity contribution in [3.05, 3.63) is 0 Å². The number of nitrogens with zero attached hydrogens (tertiary/aromatic N) is 1. The van der Waals surface area contributed by atoms with Gasteiger partial charge >= 0.3 is 0 Å². The molecule has 2 unspecified atom stereocenters. The fraction of sp³-hybridized carbons (Fsp3) is 0.846. The van der Waals surface area contributed by atoms with Crippen molar-refractivity contribution in [1.29, 1.82) is 0 Å². The predicted octanol–water partition coefficient (Wildman–Crippen LogP) is 0.256. The molecule has 0 spiro atoms. The normalized spacial score (nSPS) is 26.2. The van der Waals surface area contributed by atoms with Crippen LogP contribution in [0.2, 0.25) is 0 Å². The molecule has 0 bridgehead atoms. The summed E-state index contributed by atoms with van der Waals surface area (Å²) in [6, 6.07) is -0.0556. The van der Waals surface area contributed by atoms with Crippen LogP contribution in [0.4, 0.5) is 0 Å². The van der Waals surface area contributed by atoms with Crippen molar-refractivity contribution in [2.75, 3.05) is 19.6 Å². The molecule has 0 radical (unpaired) electrons. The van der Waals surface area contributed by atoms with Crippen LogP contribution in [0.5, 0.6) is 0 Å². The Hall–Kier alpha value is -1.10. The SMILES string of the molecule is CCC(C(=O)NC1CCCNC1)N1CCCC1=O. The number of rotatable bonds is 4. The Morgan fingerprint density at radius 2 is 2.39 bits per heavy atom. The van der Waals surface area contributed by atoms with E-state index in [0.29, 0.717) is 12.8 Å². The van der Waals surface area contributed by atoms with E-state index in [1.54, 1.807) is 4.90 Å². The first-order valence-corrected chi connectivity index (χ1v) is 7.03. The first kappa shape index (κ1) is 13.3. The lowest BCUT2D eigenvalue weighted by atomic mass is 10.1. The van der Waals surface area contributed by atoms with Gasteiger partial charge in [-0.25, -0.2) is 0 Å². The molecule has 2 saturated heterocycles. The summed E-state index contributed by atoms with van der Waals surface area (Å²) in [6.45, 7) is 4.58. The van der Waals surface area contributed by atoms with Gasteiger partial charge in [-0.2, -0.15) is 0 Å². The number of amides is 2. The van der Waals surface area contributed by atoms with Gasteiger partial charge < -0.3 is 15.5 Å². The third-order valence-corrected chi connectivity index (χ3v) is 3.82. The Kier molecular flexibility index (Phi) is 4.58. The summed E-state index contributed by atoms with van der Waals surface area (Å²) in [5.74, 6) is 0.139. The Morgan fingerprint density at radius 1 is 1.56 bits per heavy atom. The maximum atomic E-state index is 12.2. The number of carbonyl (C=O) groups is 2. The second kappa shape index (κ2) is 6.18. The average Bonchev–Trinajstić information content (AvgIpc) is 2.78. The highest BCUT2D eigenvalue weighted by Gasteiger charge is 2.32. The monoisotopic (exact) mass is 253 g/mol. The molecule has 0 aromatic rings. The molecule has 5 heteroatoms. The number of nitrogens with one attached hydrogen (secondary N) is 2. The van der Waals surface area contributed by atoms with E-state index in [1.165, 1.54) is 0 Å². The maximum Gasteiger partial charge on any atom is 0.243 e. The Balaban J connectivity index is 1.90. The number of piperidine rings is 1. The van der Waals surface area contributed by atoms with Gasteiger partial charge in [0.15, 0.2) is 0 Å². The van der Waals surface area contributed by atoms with Gasteiger partial charge in [0.1, 0.15) is 6.04 Å². The van der Waals surface area contributed by atoms with Crippen molar-refractivity contribution in [1.82, 2.24) is 15.5 Å². The van der Waals surface area contributed by atoms with E-state index in [-0.39, 0.29) is 23.9 Å². The Labute approximate surface area is 108 Å². The lowest BCUT2D eigenvalue weighted by Gasteiger charge is -2.30. The van der Waals surface area contributed by atoms with Crippen molar-refractivity contribution < 1.29 is 9.59 Å². The van der Waals surface area contributed by atoms with Gasteiger partial charge in [0.05, 0.1) is 0 Å². The van der Waals surface area contributed by atoms with Gasteiger partial charge in [0.2, 0.25) is 11.8 Å². The molecular formula is C13H23N3O2. The summed E-state index contributed by atoms with van der Waals surface area (Å²) in [5, 5.41) is 6.35. The van der Waals surface area contributed by atoms with Crippen molar-refractivity contribution in [3.8, 4) is 0 Å². The summed E-state index contributed by atoms with van der Waals surface area (Å²) in [4.78, 5) is 25.7. The van der Waals surface area contributed by atoms with Crippen molar-refractivity contribution in [3.63, 3.8) is 0 Å². The smallest absolute Gasteiger partial charge is 0.243 e. The maximum absolute atomic E-state index is 12.2. The van der Waals surface area contributed by atoms with Crippen LogP contribution in [0.15, 0.2) is 0 Å². The lowest BCUT2D eigenvalue weighted by molar-refractivity contribution is -0.138. The predicted molar refractivity (Wildman–Crippen MR) is 69.1 cm³/mol. The van der Waals surface area contributed by atoms with Crippen LogP contribution in [0.3, 0.4) is 0 Å². The molecule has 2 rings (SSSR count). The highest BCUT2D eigenvalue weighted by Crippen LogP contribution is 2.16. The van der Waals surface area contributed by atoms with Crippen LogP contribution in [-0.2, 0) is 9.59 Å². The minimum atomic E-state index is -0.276. The van der Waals surface area contributed by atoms with Crippen LogP contribution in [0.25, 0.3) is 0 Å². The minimum Gasteiger partial charge on any atom is -0.350 e. The highest BCUT2D eigenvalue weighted by atomic mass is 16.2. The van der Waals surface area contributed by atoms with Crippen LogP contribution in [0, 0.1) is 0 Å². The van der Waals surface area contributed by atoms with Crippen LogP contribution < -0.4 is 10.6 Å². The third kappa shape index (κ3) is 3.02. The summed E-state index contributed by atoms with van der Waals surface area (Å²) in [6.07, 6.45) is 4.30. The van der Waals surface area contributed by atoms with E-state index >= 15 is 0 Å². The summed E-state index contributed by atoms with van der Waals surface area (Å²) in [5.41, 5.74) is 0. The molecule has 2 aliphatic heterocycles. The molecule has 2 heterocycles. The van der Waals surface area contributed by atoms with Crippen molar-refractivity contribution in [2.45, 2.75) is 51.1 Å². The topological polar surface area (TPSA) is 61.4 Å². The molecule has 5 nitrogen and oxygen atoms in total. The third-order valence-electron chi connectivity index (χ3n) is 3.82. The van der Waals surface area contributed by atoms with Crippen LogP contribution in [-0.4, -0.2) is 48.4 Å². The molecule has 18 heavy (non-hydrogen) atoms. The number of hydrogen-bond acceptors (Lipinski definition) is 3. The van der Waals surface area contributed by atoms with Crippen molar-refractivity contribution >= 4 is 11.8 Å². The van der Waals surface area contributed by atoms with Gasteiger partial charge in [0.25, 0.3) is 0 Å². The standard InChI is InChI=1S/C13H23N3O2/c1-2-11(16-8-4-6-12(16)17)13(18)15-10-5-3-7-14-9-10/h10-11,14H,2-9H2,1H3,(H,15,18). The van der Waals surface area contributed by atoms with Crippen molar-refractivity contribution in [2.24, 2.45) is 0 Å². The number of hydrogen-bond donors (Lipinski definition) is 2. The first-order valence-electron chi connectivity index (χ1n) is 7.03. The van der Waals surface area contributed by atoms with Crippen LogP contribution >= 0.6 is 0 Å². The molecule has 0 aliphatic carbocycles. The zero-order valence-electron chi connectivity index (χ0n) is 11.1. The number of carbonyl (C=O) groups excluding carboxylic acids is 2. The molecular weight excluding hydrogens is 230 g/mol. The van der Waals surface area contributed by atoms with E-state index in [4.69, 9.17) is 0 Å². The van der Waals surface area contributed by atoms with E-state index in [9.17, 15) is 9.59 Å². The average molecular weight is 253 g/mol. The quantitative estimate of drug-likeness (QED) is 0.755. The summed E-state index contributed by atoms with van der Waals surface area (Å²) < 4.78 is 0. The number of likely N-dealkylation sites (tertiary alicyclic amines) is 1. The first-order chi connectivity index (χ1) is 8.72. The molecule has 0 aromatic carbocycles. The van der Waals surface area contributed by atoms with Gasteiger partial charge in [0, 0.05) is 25.6 Å². The van der Waals surface area contributed by atoms with Gasteiger partial charge in [-0.15, -0.1) is 0 Å². The molecule has 2 atom stereocenters. The fourth-order valence-corrected chi connectivity index (χ4v) is 2.82. The second-order valence-corrected chi connectivity index (χ2v) is 5.17. The zero-order valence-corrected chi connectivity index (χ0v) is 11.1. The molecule has 0 saturated carbocycles. The molecule has 0 aromatic heterocycles. The molecule has 2 aliphatic rings.